The van der Waals surface area contributed by atoms with Crippen LogP contribution in [-0.4, -0.2) is 42.7 Å². The van der Waals surface area contributed by atoms with Crippen molar-refractivity contribution in [3.63, 3.8) is 0 Å². The van der Waals surface area contributed by atoms with Crippen LogP contribution in [0.2, 0.25) is 0 Å². The van der Waals surface area contributed by atoms with E-state index in [4.69, 9.17) is 4.74 Å². The Morgan fingerprint density at radius 2 is 1.74 bits per heavy atom. The van der Waals surface area contributed by atoms with Crippen molar-refractivity contribution < 1.29 is 14.0 Å². The Balaban J connectivity index is 1.77. The van der Waals surface area contributed by atoms with E-state index in [-0.39, 0.29) is 12.1 Å². The fourth-order valence-electron chi connectivity index (χ4n) is 5.12. The van der Waals surface area contributed by atoms with E-state index in [1.165, 1.54) is 62.5 Å². The third-order valence-electron chi connectivity index (χ3n) is 6.03. The first-order valence-corrected chi connectivity index (χ1v) is 8.11. The number of hydrogen-bond donors (Lipinski definition) is 0. The molecule has 0 N–H and O–H groups in total. The van der Waals surface area contributed by atoms with Gasteiger partial charge in [-0.25, -0.2) is 0 Å². The molecule has 3 fully saturated rings. The number of esters is 1. The molecule has 0 aromatic heterocycles. The molecule has 3 nitrogen and oxygen atoms in total. The lowest BCUT2D eigenvalue weighted by Crippen LogP contribution is -2.60. The monoisotopic (exact) mass is 266 g/mol. The van der Waals surface area contributed by atoms with Crippen LogP contribution in [0.1, 0.15) is 51.9 Å². The average Bonchev–Trinajstić information content (AvgIpc) is 2.62. The molecule has 4 atom stereocenters. The number of carbonyl (C=O) groups is 1. The lowest BCUT2D eigenvalue weighted by Gasteiger charge is -2.49. The SMILES string of the molecule is CC(=O)O[C@@H]1[C@@H]2CC[C@@H]1[C@H]([N+]1(C)CCCCC1)CC2. The van der Waals surface area contributed by atoms with Crippen LogP contribution in [0.15, 0.2) is 0 Å². The van der Waals surface area contributed by atoms with Crippen molar-refractivity contribution in [3.8, 4) is 0 Å². The summed E-state index contributed by atoms with van der Waals surface area (Å²) in [4.78, 5) is 11.4. The molecule has 3 aliphatic rings. The van der Waals surface area contributed by atoms with Crippen LogP contribution >= 0.6 is 0 Å². The molecule has 1 saturated heterocycles. The minimum Gasteiger partial charge on any atom is -0.462 e. The molecule has 0 spiro atoms. The average molecular weight is 266 g/mol. The van der Waals surface area contributed by atoms with Gasteiger partial charge in [0.15, 0.2) is 0 Å². The quantitative estimate of drug-likeness (QED) is 0.567. The summed E-state index contributed by atoms with van der Waals surface area (Å²) in [6.45, 7) is 4.23. The molecule has 3 heteroatoms. The highest BCUT2D eigenvalue weighted by Gasteiger charge is 2.52. The first-order chi connectivity index (χ1) is 9.10. The highest BCUT2D eigenvalue weighted by Crippen LogP contribution is 2.47. The van der Waals surface area contributed by atoms with Gasteiger partial charge in [-0.3, -0.25) is 4.79 Å². The number of carbonyl (C=O) groups excluding carboxylic acids is 1. The van der Waals surface area contributed by atoms with E-state index in [1.54, 1.807) is 6.92 Å². The number of rotatable bonds is 2. The van der Waals surface area contributed by atoms with Gasteiger partial charge in [0.25, 0.3) is 0 Å². The molecule has 1 aliphatic heterocycles. The number of nitrogens with zero attached hydrogens (tertiary/aromatic N) is 1. The molecule has 2 bridgehead atoms. The number of piperidine rings is 1. The van der Waals surface area contributed by atoms with Crippen molar-refractivity contribution >= 4 is 5.97 Å². The molecule has 1 heterocycles. The van der Waals surface area contributed by atoms with Gasteiger partial charge in [0.05, 0.1) is 26.2 Å². The zero-order valence-electron chi connectivity index (χ0n) is 12.4. The number of quaternary nitrogens is 1. The normalized spacial score (nSPS) is 40.9. The molecular weight excluding hydrogens is 238 g/mol. The van der Waals surface area contributed by atoms with Crippen molar-refractivity contribution in [1.82, 2.24) is 0 Å². The van der Waals surface area contributed by atoms with E-state index < -0.39 is 0 Å². The lowest BCUT2D eigenvalue weighted by atomic mass is 9.79. The van der Waals surface area contributed by atoms with Crippen LogP contribution in [0.25, 0.3) is 0 Å². The zero-order valence-corrected chi connectivity index (χ0v) is 12.4. The number of ether oxygens (including phenoxy) is 1. The van der Waals surface area contributed by atoms with Crippen molar-refractivity contribution in [2.24, 2.45) is 11.8 Å². The van der Waals surface area contributed by atoms with Gasteiger partial charge >= 0.3 is 5.97 Å². The van der Waals surface area contributed by atoms with Crippen molar-refractivity contribution in [1.29, 1.82) is 0 Å². The minimum absolute atomic E-state index is 0.0798. The van der Waals surface area contributed by atoms with E-state index in [0.717, 1.165) is 6.04 Å². The van der Waals surface area contributed by atoms with Crippen LogP contribution in [0, 0.1) is 11.8 Å². The van der Waals surface area contributed by atoms with E-state index in [9.17, 15) is 4.79 Å². The van der Waals surface area contributed by atoms with E-state index in [1.807, 2.05) is 0 Å². The summed E-state index contributed by atoms with van der Waals surface area (Å²) in [5, 5.41) is 0. The van der Waals surface area contributed by atoms with Gasteiger partial charge in [-0.1, -0.05) is 0 Å². The summed E-state index contributed by atoms with van der Waals surface area (Å²) in [6.07, 6.45) is 9.56. The van der Waals surface area contributed by atoms with Crippen molar-refractivity contribution in [3.05, 3.63) is 0 Å². The van der Waals surface area contributed by atoms with Crippen LogP contribution in [0.5, 0.6) is 0 Å². The Hall–Kier alpha value is -0.570. The third-order valence-corrected chi connectivity index (χ3v) is 6.03. The summed E-state index contributed by atoms with van der Waals surface area (Å²) in [5.74, 6) is 1.20. The second kappa shape index (κ2) is 5.08. The molecule has 3 rings (SSSR count). The van der Waals surface area contributed by atoms with Crippen LogP contribution in [0.4, 0.5) is 0 Å². The molecule has 108 valence electrons. The molecule has 0 amide bonds. The topological polar surface area (TPSA) is 26.3 Å². The number of likely N-dealkylation sites (tertiary alicyclic amines) is 1. The molecule has 0 unspecified atom stereocenters. The van der Waals surface area contributed by atoms with E-state index in [0.29, 0.717) is 11.8 Å². The fraction of sp³-hybridized carbons (Fsp3) is 0.938. The van der Waals surface area contributed by atoms with Gasteiger partial charge in [0.2, 0.25) is 0 Å². The van der Waals surface area contributed by atoms with Crippen molar-refractivity contribution in [2.75, 3.05) is 20.1 Å². The summed E-state index contributed by atoms with van der Waals surface area (Å²) in [5.41, 5.74) is 0. The second-order valence-corrected chi connectivity index (χ2v) is 7.21. The number of hydrogen-bond acceptors (Lipinski definition) is 2. The summed E-state index contributed by atoms with van der Waals surface area (Å²) in [6, 6.07) is 0.739. The maximum absolute atomic E-state index is 11.4. The molecular formula is C16H28NO2+. The highest BCUT2D eigenvalue weighted by molar-refractivity contribution is 5.66. The third kappa shape index (κ3) is 2.42. The highest BCUT2D eigenvalue weighted by atomic mass is 16.5. The standard InChI is InChI=1S/C16H28NO2/c1-12(18)19-16-13-6-8-14(16)15(9-7-13)17(2)10-4-3-5-11-17/h13-16H,3-11H2,1-2H3/q+1/t13-,14-,15-,16-/m1/s1. The van der Waals surface area contributed by atoms with Gasteiger partial charge in [-0.15, -0.1) is 0 Å². The first kappa shape index (κ1) is 13.4. The molecule has 19 heavy (non-hydrogen) atoms. The predicted octanol–water partition coefficient (Wildman–Crippen LogP) is 2.74. The van der Waals surface area contributed by atoms with Gasteiger partial charge < -0.3 is 9.22 Å². The zero-order chi connectivity index (χ0) is 13.5. The Kier molecular flexibility index (Phi) is 3.59. The Labute approximate surface area is 116 Å². The largest absolute Gasteiger partial charge is 0.462 e. The fourth-order valence-corrected chi connectivity index (χ4v) is 5.12. The lowest BCUT2D eigenvalue weighted by molar-refractivity contribution is -0.942. The maximum atomic E-state index is 11.4. The predicted molar refractivity (Wildman–Crippen MR) is 74.6 cm³/mol. The molecule has 0 aromatic rings. The molecule has 2 aliphatic carbocycles. The van der Waals surface area contributed by atoms with Gasteiger partial charge in [0, 0.05) is 19.3 Å². The van der Waals surface area contributed by atoms with Gasteiger partial charge in [-0.2, -0.15) is 0 Å². The van der Waals surface area contributed by atoms with Crippen molar-refractivity contribution in [2.45, 2.75) is 64.0 Å². The second-order valence-electron chi connectivity index (χ2n) is 7.21. The summed E-state index contributed by atoms with van der Waals surface area (Å²) >= 11 is 0. The Morgan fingerprint density at radius 3 is 2.42 bits per heavy atom. The minimum atomic E-state index is -0.0798. The number of fused-ring (bicyclic) bond motifs is 2. The van der Waals surface area contributed by atoms with Gasteiger partial charge in [0.1, 0.15) is 6.10 Å². The Morgan fingerprint density at radius 1 is 1.05 bits per heavy atom. The molecule has 0 aromatic carbocycles. The smallest absolute Gasteiger partial charge is 0.302 e. The molecule has 0 radical (unpaired) electrons. The maximum Gasteiger partial charge on any atom is 0.302 e. The van der Waals surface area contributed by atoms with E-state index >= 15 is 0 Å². The van der Waals surface area contributed by atoms with Crippen LogP contribution in [0.3, 0.4) is 0 Å². The summed E-state index contributed by atoms with van der Waals surface area (Å²) in [7, 11) is 2.45. The summed E-state index contributed by atoms with van der Waals surface area (Å²) < 4.78 is 6.94. The molecule has 2 saturated carbocycles. The Bertz CT molecular complexity index is 349. The first-order valence-electron chi connectivity index (χ1n) is 8.11. The van der Waals surface area contributed by atoms with Crippen LogP contribution < -0.4 is 0 Å². The van der Waals surface area contributed by atoms with Crippen LogP contribution in [-0.2, 0) is 9.53 Å². The van der Waals surface area contributed by atoms with Gasteiger partial charge in [-0.05, 0) is 44.4 Å². The van der Waals surface area contributed by atoms with E-state index in [2.05, 4.69) is 7.05 Å².